The third kappa shape index (κ3) is 3.94. The largest absolute Gasteiger partial charge is 0.359 e. The van der Waals surface area contributed by atoms with E-state index in [9.17, 15) is 0 Å². The number of nitrogens with one attached hydrogen (secondary N) is 2. The summed E-state index contributed by atoms with van der Waals surface area (Å²) in [6.45, 7) is 8.08. The molecule has 0 atom stereocenters. The highest BCUT2D eigenvalue weighted by molar-refractivity contribution is 7.15. The molecule has 0 saturated heterocycles. The number of aliphatic imine (C=N–C) groups is 1. The third-order valence-corrected chi connectivity index (χ3v) is 4.26. The second-order valence-corrected chi connectivity index (χ2v) is 6.62. The first-order valence-corrected chi connectivity index (χ1v) is 8.92. The van der Waals surface area contributed by atoms with Gasteiger partial charge in [0.1, 0.15) is 0 Å². The van der Waals surface area contributed by atoms with Gasteiger partial charge < -0.3 is 15.2 Å². The highest BCUT2D eigenvalue weighted by atomic mass is 32.1. The van der Waals surface area contributed by atoms with E-state index in [4.69, 9.17) is 4.52 Å². The fraction of sp³-hybridized carbons (Fsp3) is 0.438. The highest BCUT2D eigenvalue weighted by Gasteiger charge is 2.08. The smallest absolute Gasteiger partial charge is 0.193 e. The van der Waals surface area contributed by atoms with Gasteiger partial charge >= 0.3 is 0 Å². The van der Waals surface area contributed by atoms with Gasteiger partial charge in [-0.1, -0.05) is 19.0 Å². The third-order valence-electron chi connectivity index (χ3n) is 3.49. The summed E-state index contributed by atoms with van der Waals surface area (Å²) in [7, 11) is 0. The fourth-order valence-electron chi connectivity index (χ4n) is 2.21. The van der Waals surface area contributed by atoms with Crippen molar-refractivity contribution in [2.75, 3.05) is 6.54 Å². The molecule has 0 spiro atoms. The Labute approximate surface area is 144 Å². The average Bonchev–Trinajstić information content (AvgIpc) is 3.25. The van der Waals surface area contributed by atoms with Crippen LogP contribution in [-0.2, 0) is 13.1 Å². The molecule has 0 aliphatic heterocycles. The summed E-state index contributed by atoms with van der Waals surface area (Å²) in [5, 5.41) is 12.6. The minimum absolute atomic E-state index is 0.360. The highest BCUT2D eigenvalue weighted by Crippen LogP contribution is 2.14. The summed E-state index contributed by atoms with van der Waals surface area (Å²) in [6.07, 6.45) is 4.00. The summed E-state index contributed by atoms with van der Waals surface area (Å²) >= 11 is 1.62. The van der Waals surface area contributed by atoms with E-state index in [0.29, 0.717) is 19.0 Å². The molecule has 0 saturated carbocycles. The second-order valence-electron chi connectivity index (χ2n) is 5.75. The molecule has 8 heteroatoms. The Morgan fingerprint density at radius 2 is 2.29 bits per heavy atom. The lowest BCUT2D eigenvalue weighted by Crippen LogP contribution is -2.36. The van der Waals surface area contributed by atoms with Crippen molar-refractivity contribution < 1.29 is 4.52 Å². The number of fused-ring (bicyclic) bond motifs is 1. The van der Waals surface area contributed by atoms with E-state index in [0.717, 1.165) is 34.6 Å². The molecule has 0 unspecified atom stereocenters. The van der Waals surface area contributed by atoms with Crippen LogP contribution in [0.4, 0.5) is 0 Å². The van der Waals surface area contributed by atoms with E-state index in [1.165, 1.54) is 0 Å². The normalized spacial score (nSPS) is 12.2. The molecule has 0 fully saturated rings. The SMILES string of the molecule is CCNC(=NCc1cn2ccsc2n1)NCc1cc(C(C)C)no1. The molecule has 0 aliphatic rings. The van der Waals surface area contributed by atoms with Crippen LogP contribution in [0.2, 0.25) is 0 Å². The van der Waals surface area contributed by atoms with Crippen molar-refractivity contribution in [1.82, 2.24) is 25.2 Å². The Morgan fingerprint density at radius 1 is 1.42 bits per heavy atom. The lowest BCUT2D eigenvalue weighted by Gasteiger charge is -2.09. The molecular formula is C16H22N6OS. The Balaban J connectivity index is 1.61. The van der Waals surface area contributed by atoms with Crippen molar-refractivity contribution in [2.24, 2.45) is 4.99 Å². The summed E-state index contributed by atoms with van der Waals surface area (Å²) in [6, 6.07) is 1.98. The van der Waals surface area contributed by atoms with Crippen LogP contribution in [0, 0.1) is 0 Å². The van der Waals surface area contributed by atoms with Crippen molar-refractivity contribution >= 4 is 22.3 Å². The quantitative estimate of drug-likeness (QED) is 0.530. The molecule has 3 heterocycles. The van der Waals surface area contributed by atoms with E-state index in [-0.39, 0.29) is 0 Å². The molecule has 7 nitrogen and oxygen atoms in total. The van der Waals surface area contributed by atoms with Gasteiger partial charge in [-0.05, 0) is 12.8 Å². The number of rotatable bonds is 6. The molecule has 3 aromatic heterocycles. The fourth-order valence-corrected chi connectivity index (χ4v) is 2.93. The minimum atomic E-state index is 0.360. The summed E-state index contributed by atoms with van der Waals surface area (Å²) < 4.78 is 7.35. The number of aromatic nitrogens is 3. The van der Waals surface area contributed by atoms with E-state index in [2.05, 4.69) is 39.6 Å². The lowest BCUT2D eigenvalue weighted by atomic mass is 10.1. The maximum absolute atomic E-state index is 5.34. The molecule has 0 radical (unpaired) electrons. The van der Waals surface area contributed by atoms with Crippen molar-refractivity contribution in [3.63, 3.8) is 0 Å². The Kier molecular flexibility index (Phi) is 5.14. The van der Waals surface area contributed by atoms with Crippen molar-refractivity contribution in [1.29, 1.82) is 0 Å². The van der Waals surface area contributed by atoms with Gasteiger partial charge in [0, 0.05) is 30.4 Å². The van der Waals surface area contributed by atoms with Gasteiger partial charge in [-0.15, -0.1) is 11.3 Å². The number of imidazole rings is 1. The van der Waals surface area contributed by atoms with E-state index < -0.39 is 0 Å². The van der Waals surface area contributed by atoms with Gasteiger partial charge in [0.05, 0.1) is 24.5 Å². The van der Waals surface area contributed by atoms with Crippen molar-refractivity contribution in [3.05, 3.63) is 41.0 Å². The molecule has 3 rings (SSSR count). The maximum atomic E-state index is 5.34. The molecule has 0 aromatic carbocycles. The zero-order valence-corrected chi connectivity index (χ0v) is 14.9. The maximum Gasteiger partial charge on any atom is 0.193 e. The predicted octanol–water partition coefficient (Wildman–Crippen LogP) is 2.76. The molecular weight excluding hydrogens is 324 g/mol. The van der Waals surface area contributed by atoms with Gasteiger partial charge in [-0.2, -0.15) is 0 Å². The van der Waals surface area contributed by atoms with Crippen LogP contribution in [0.5, 0.6) is 0 Å². The molecule has 0 bridgehead atoms. The van der Waals surface area contributed by atoms with Crippen LogP contribution >= 0.6 is 11.3 Å². The molecule has 2 N–H and O–H groups in total. The van der Waals surface area contributed by atoms with Gasteiger partial charge in [-0.3, -0.25) is 4.40 Å². The Hall–Kier alpha value is -2.35. The zero-order valence-electron chi connectivity index (χ0n) is 14.1. The number of hydrogen-bond acceptors (Lipinski definition) is 5. The molecule has 0 aliphatic carbocycles. The number of nitrogens with zero attached hydrogens (tertiary/aromatic N) is 4. The average molecular weight is 346 g/mol. The second kappa shape index (κ2) is 7.48. The van der Waals surface area contributed by atoms with Gasteiger partial charge in [0.15, 0.2) is 16.7 Å². The molecule has 0 amide bonds. The number of thiazole rings is 1. The van der Waals surface area contributed by atoms with Crippen LogP contribution in [0.25, 0.3) is 4.96 Å². The first kappa shape index (κ1) is 16.5. The van der Waals surface area contributed by atoms with E-state index >= 15 is 0 Å². The summed E-state index contributed by atoms with van der Waals surface area (Å²) in [4.78, 5) is 10.1. The first-order chi connectivity index (χ1) is 11.7. The Morgan fingerprint density at radius 3 is 3.00 bits per heavy atom. The van der Waals surface area contributed by atoms with E-state index in [1.54, 1.807) is 11.3 Å². The number of guanidine groups is 1. The van der Waals surface area contributed by atoms with Crippen molar-refractivity contribution in [2.45, 2.75) is 39.8 Å². The predicted molar refractivity (Wildman–Crippen MR) is 95.3 cm³/mol. The number of hydrogen-bond donors (Lipinski definition) is 2. The molecule has 24 heavy (non-hydrogen) atoms. The molecule has 128 valence electrons. The van der Waals surface area contributed by atoms with Gasteiger partial charge in [-0.25, -0.2) is 9.98 Å². The monoisotopic (exact) mass is 346 g/mol. The van der Waals surface area contributed by atoms with Crippen LogP contribution < -0.4 is 10.6 Å². The molecule has 3 aromatic rings. The summed E-state index contributed by atoms with van der Waals surface area (Å²) in [5.41, 5.74) is 1.91. The van der Waals surface area contributed by atoms with Crippen LogP contribution in [0.15, 0.2) is 33.4 Å². The first-order valence-electron chi connectivity index (χ1n) is 8.04. The minimum Gasteiger partial charge on any atom is -0.359 e. The van der Waals surface area contributed by atoms with Crippen LogP contribution in [0.3, 0.4) is 0 Å². The van der Waals surface area contributed by atoms with Gasteiger partial charge in [0.25, 0.3) is 0 Å². The van der Waals surface area contributed by atoms with E-state index in [1.807, 2.05) is 35.2 Å². The van der Waals surface area contributed by atoms with Gasteiger partial charge in [0.2, 0.25) is 0 Å². The lowest BCUT2D eigenvalue weighted by molar-refractivity contribution is 0.372. The van der Waals surface area contributed by atoms with Crippen LogP contribution in [-0.4, -0.2) is 27.0 Å². The zero-order chi connectivity index (χ0) is 16.9. The standard InChI is InChI=1S/C16H22N6OS/c1-4-17-15(19-9-13-7-14(11(2)3)21-23-13)18-8-12-10-22-5-6-24-16(22)20-12/h5-7,10-11H,4,8-9H2,1-3H3,(H2,17,18,19). The van der Waals surface area contributed by atoms with Crippen LogP contribution in [0.1, 0.15) is 43.8 Å². The topological polar surface area (TPSA) is 79.8 Å². The van der Waals surface area contributed by atoms with Crippen molar-refractivity contribution in [3.8, 4) is 0 Å². The summed E-state index contributed by atoms with van der Waals surface area (Å²) in [5.74, 6) is 1.89. The Bertz CT molecular complexity index is 787.